The normalized spacial score (nSPS) is 12.2. The van der Waals surface area contributed by atoms with Crippen LogP contribution in [0.3, 0.4) is 0 Å². The molecule has 1 N–H and O–H groups in total. The summed E-state index contributed by atoms with van der Waals surface area (Å²) >= 11 is 2.03. The van der Waals surface area contributed by atoms with Crippen LogP contribution in [0.1, 0.15) is 17.0 Å². The molecule has 0 bridgehead atoms. The van der Waals surface area contributed by atoms with Crippen LogP contribution in [0.4, 0.5) is 37.8 Å². The third-order valence-corrected chi connectivity index (χ3v) is 5.39. The molecule has 0 saturated heterocycles. The van der Waals surface area contributed by atoms with Crippen molar-refractivity contribution < 1.29 is 26.3 Å². The fourth-order valence-corrected chi connectivity index (χ4v) is 3.53. The van der Waals surface area contributed by atoms with Crippen molar-refractivity contribution in [2.45, 2.75) is 16.8 Å². The first-order valence-electron chi connectivity index (χ1n) is 9.41. The summed E-state index contributed by atoms with van der Waals surface area (Å²) in [5.74, 6) is 0.654. The summed E-state index contributed by atoms with van der Waals surface area (Å²) in [5, 5.41) is 3.37. The van der Waals surface area contributed by atoms with Crippen LogP contribution in [0.5, 0.6) is 0 Å². The number of nitrogens with zero attached hydrogens (tertiary/aromatic N) is 3. The van der Waals surface area contributed by atoms with Gasteiger partial charge >= 0.3 is 12.4 Å². The van der Waals surface area contributed by atoms with E-state index in [0.717, 1.165) is 18.2 Å². The Morgan fingerprint density at radius 2 is 1.45 bits per heavy atom. The van der Waals surface area contributed by atoms with Crippen LogP contribution in [0, 0.1) is 0 Å². The Kier molecular flexibility index (Phi) is 6.16. The third-order valence-electron chi connectivity index (χ3n) is 4.71. The van der Waals surface area contributed by atoms with Gasteiger partial charge in [-0.3, -0.25) is 0 Å². The summed E-state index contributed by atoms with van der Waals surface area (Å²) in [6, 6.07) is 12.5. The maximum atomic E-state index is 13.4. The summed E-state index contributed by atoms with van der Waals surface area (Å²) in [6.07, 6.45) is -9.01. The Hall–Kier alpha value is -2.96. The summed E-state index contributed by atoms with van der Waals surface area (Å²) in [5.41, 5.74) is -1.08. The van der Waals surface area contributed by atoms with Crippen LogP contribution in [-0.2, 0) is 16.8 Å². The molecule has 170 valence electrons. The first-order chi connectivity index (χ1) is 15.6. The molecule has 33 heavy (non-hydrogen) atoms. The Morgan fingerprint density at radius 3 is 2.09 bits per heavy atom. The van der Waals surface area contributed by atoms with E-state index in [9.17, 15) is 26.3 Å². The molecule has 0 radical (unpaired) electrons. The van der Waals surface area contributed by atoms with Gasteiger partial charge in [0.05, 0.1) is 26.6 Å². The highest BCUT2D eigenvalue weighted by atomic mass is 127. The summed E-state index contributed by atoms with van der Waals surface area (Å²) in [7, 11) is 0. The number of hydrogen-bond acceptors (Lipinski definition) is 4. The van der Waals surface area contributed by atoms with Crippen LogP contribution < -0.4 is 5.32 Å². The molecule has 4 aromatic rings. The Morgan fingerprint density at radius 1 is 0.758 bits per heavy atom. The molecule has 0 atom stereocenters. The Labute approximate surface area is 197 Å². The standard InChI is InChI=1S/C22H13F6IN4/c23-21(24,25)12-5-7-13(8-6-12)30-19-15-9-10-17(31-20(15)33-18(11-29)32-19)14-3-1-2-4-16(14)22(26,27)28/h1-10H,11H2,(H,30,31,32,33). The van der Waals surface area contributed by atoms with Crippen LogP contribution >= 0.6 is 22.6 Å². The Balaban J connectivity index is 1.77. The van der Waals surface area contributed by atoms with E-state index in [-0.39, 0.29) is 22.7 Å². The van der Waals surface area contributed by atoms with Crippen molar-refractivity contribution in [3.05, 3.63) is 77.6 Å². The predicted molar refractivity (Wildman–Crippen MR) is 120 cm³/mol. The Bertz CT molecular complexity index is 1300. The van der Waals surface area contributed by atoms with Crippen molar-refractivity contribution in [3.63, 3.8) is 0 Å². The fraction of sp³-hybridized carbons (Fsp3) is 0.136. The van der Waals surface area contributed by atoms with Gasteiger partial charge in [0.2, 0.25) is 0 Å². The molecule has 4 nitrogen and oxygen atoms in total. The molecule has 0 amide bonds. The zero-order valence-corrected chi connectivity index (χ0v) is 18.6. The van der Waals surface area contributed by atoms with Gasteiger partial charge in [0.25, 0.3) is 0 Å². The van der Waals surface area contributed by atoms with Gasteiger partial charge in [0.1, 0.15) is 11.6 Å². The highest BCUT2D eigenvalue weighted by Crippen LogP contribution is 2.37. The second-order valence-electron chi connectivity index (χ2n) is 6.93. The van der Waals surface area contributed by atoms with Crippen LogP contribution in [0.25, 0.3) is 22.3 Å². The molecular formula is C22H13F6IN4. The number of nitrogens with one attached hydrogen (secondary N) is 1. The van der Waals surface area contributed by atoms with Gasteiger partial charge in [0.15, 0.2) is 5.65 Å². The number of fused-ring (bicyclic) bond motifs is 1. The molecule has 0 unspecified atom stereocenters. The predicted octanol–water partition coefficient (Wildman–Crippen LogP) is 7.41. The number of aromatic nitrogens is 3. The molecule has 2 heterocycles. The molecule has 2 aromatic carbocycles. The third kappa shape index (κ3) is 5.02. The van der Waals surface area contributed by atoms with Crippen LogP contribution in [-0.4, -0.2) is 15.0 Å². The second-order valence-corrected chi connectivity index (χ2v) is 7.70. The lowest BCUT2D eigenvalue weighted by atomic mass is 10.0. The van der Waals surface area contributed by atoms with Gasteiger partial charge < -0.3 is 5.32 Å². The van der Waals surface area contributed by atoms with Gasteiger partial charge in [-0.1, -0.05) is 40.8 Å². The molecule has 0 fully saturated rings. The maximum absolute atomic E-state index is 13.4. The summed E-state index contributed by atoms with van der Waals surface area (Å²) < 4.78 is 79.1. The first kappa shape index (κ1) is 23.2. The minimum absolute atomic E-state index is 0.0845. The van der Waals surface area contributed by atoms with Crippen LogP contribution in [0.15, 0.2) is 60.7 Å². The van der Waals surface area contributed by atoms with E-state index in [1.165, 1.54) is 42.5 Å². The van der Waals surface area contributed by atoms with Crippen molar-refractivity contribution >= 4 is 45.1 Å². The molecule has 11 heteroatoms. The molecule has 0 spiro atoms. The van der Waals surface area contributed by atoms with Crippen molar-refractivity contribution in [2.75, 3.05) is 5.32 Å². The molecular weight excluding hydrogens is 561 g/mol. The quantitative estimate of drug-likeness (QED) is 0.157. The molecule has 4 rings (SSSR count). The highest BCUT2D eigenvalue weighted by molar-refractivity contribution is 14.1. The molecule has 0 aliphatic heterocycles. The minimum atomic E-state index is -4.55. The van der Waals surface area contributed by atoms with E-state index < -0.39 is 23.5 Å². The van der Waals surface area contributed by atoms with E-state index in [1.54, 1.807) is 0 Å². The van der Waals surface area contributed by atoms with E-state index in [4.69, 9.17) is 0 Å². The van der Waals surface area contributed by atoms with Gasteiger partial charge in [0, 0.05) is 11.3 Å². The number of benzene rings is 2. The first-order valence-corrected chi connectivity index (χ1v) is 10.9. The summed E-state index contributed by atoms with van der Waals surface area (Å²) in [6.45, 7) is 0. The molecule has 0 saturated carbocycles. The van der Waals surface area contributed by atoms with Crippen molar-refractivity contribution in [1.29, 1.82) is 0 Å². The van der Waals surface area contributed by atoms with E-state index in [2.05, 4.69) is 20.3 Å². The monoisotopic (exact) mass is 574 g/mol. The maximum Gasteiger partial charge on any atom is 0.417 e. The number of hydrogen-bond donors (Lipinski definition) is 1. The SMILES string of the molecule is FC(F)(F)c1ccc(Nc2nc(CI)nc3nc(-c4ccccc4C(F)(F)F)ccc23)cc1. The number of pyridine rings is 1. The average molecular weight is 574 g/mol. The number of rotatable bonds is 4. The highest BCUT2D eigenvalue weighted by Gasteiger charge is 2.34. The summed E-state index contributed by atoms with van der Waals surface area (Å²) in [4.78, 5) is 13.0. The van der Waals surface area contributed by atoms with E-state index in [1.807, 2.05) is 22.6 Å². The van der Waals surface area contributed by atoms with Gasteiger partial charge in [-0.15, -0.1) is 0 Å². The van der Waals surface area contributed by atoms with Gasteiger partial charge in [-0.05, 0) is 42.5 Å². The van der Waals surface area contributed by atoms with Gasteiger partial charge in [-0.2, -0.15) is 26.3 Å². The lowest BCUT2D eigenvalue weighted by Gasteiger charge is -2.14. The zero-order chi connectivity index (χ0) is 23.8. The lowest BCUT2D eigenvalue weighted by molar-refractivity contribution is -0.138. The largest absolute Gasteiger partial charge is 0.417 e. The van der Waals surface area contributed by atoms with Gasteiger partial charge in [-0.25, -0.2) is 15.0 Å². The van der Waals surface area contributed by atoms with E-state index in [0.29, 0.717) is 21.3 Å². The average Bonchev–Trinajstić information content (AvgIpc) is 2.77. The molecule has 2 aromatic heterocycles. The van der Waals surface area contributed by atoms with E-state index >= 15 is 0 Å². The van der Waals surface area contributed by atoms with Crippen molar-refractivity contribution in [1.82, 2.24) is 15.0 Å². The number of halogens is 7. The molecule has 0 aliphatic carbocycles. The number of anilines is 2. The van der Waals surface area contributed by atoms with Crippen molar-refractivity contribution in [3.8, 4) is 11.3 Å². The molecule has 0 aliphatic rings. The lowest BCUT2D eigenvalue weighted by Crippen LogP contribution is -2.08. The minimum Gasteiger partial charge on any atom is -0.340 e. The smallest absolute Gasteiger partial charge is 0.340 e. The zero-order valence-electron chi connectivity index (χ0n) is 16.5. The fourth-order valence-electron chi connectivity index (χ4n) is 3.19. The number of alkyl halides is 7. The van der Waals surface area contributed by atoms with Crippen LogP contribution in [0.2, 0.25) is 0 Å². The van der Waals surface area contributed by atoms with Crippen molar-refractivity contribution in [2.24, 2.45) is 0 Å². The second kappa shape index (κ2) is 8.76. The topological polar surface area (TPSA) is 50.7 Å².